The molecule has 29 heavy (non-hydrogen) atoms. The summed E-state index contributed by atoms with van der Waals surface area (Å²) in [6.07, 6.45) is 5.45. The normalized spacial score (nSPS) is 10.8. The fourth-order valence-electron chi connectivity index (χ4n) is 2.98. The zero-order chi connectivity index (χ0) is 20.8. The molecule has 1 aromatic carbocycles. The standard InChI is InChI=1S/C22H25FN6/c1-28(2)14-17-5-3-16(4-6-17)11-20-21(24)19(13-26-22(20)25)8-7-18-12-27-29(15-18)10-9-23/h3-6,12-13,15H,9-11,14H2,1-2H3,(H4,24,25,26). The van der Waals surface area contributed by atoms with E-state index in [0.29, 0.717) is 29.1 Å². The summed E-state index contributed by atoms with van der Waals surface area (Å²) in [6.45, 7) is 0.632. The van der Waals surface area contributed by atoms with Gasteiger partial charge in [0.15, 0.2) is 0 Å². The highest BCUT2D eigenvalue weighted by Gasteiger charge is 2.11. The van der Waals surface area contributed by atoms with Crippen molar-refractivity contribution in [2.45, 2.75) is 19.5 Å². The van der Waals surface area contributed by atoms with Gasteiger partial charge in [0.05, 0.1) is 29.6 Å². The minimum absolute atomic E-state index is 0.213. The number of aryl methyl sites for hydroxylation is 1. The molecule has 0 unspecified atom stereocenters. The number of hydrogen-bond acceptors (Lipinski definition) is 5. The first-order valence-electron chi connectivity index (χ1n) is 9.32. The molecule has 0 spiro atoms. The summed E-state index contributed by atoms with van der Waals surface area (Å²) >= 11 is 0. The summed E-state index contributed by atoms with van der Waals surface area (Å²) < 4.78 is 13.9. The fourth-order valence-corrected chi connectivity index (χ4v) is 2.98. The van der Waals surface area contributed by atoms with E-state index in [1.165, 1.54) is 10.2 Å². The number of halogens is 1. The van der Waals surface area contributed by atoms with Gasteiger partial charge in [-0.1, -0.05) is 36.1 Å². The van der Waals surface area contributed by atoms with Gasteiger partial charge < -0.3 is 16.4 Å². The van der Waals surface area contributed by atoms with Crippen LogP contribution in [0.1, 0.15) is 27.8 Å². The van der Waals surface area contributed by atoms with Crippen LogP contribution in [0.15, 0.2) is 42.9 Å². The fraction of sp³-hybridized carbons (Fsp3) is 0.273. The molecule has 0 aliphatic carbocycles. The summed E-state index contributed by atoms with van der Waals surface area (Å²) in [4.78, 5) is 6.38. The average molecular weight is 392 g/mol. The number of rotatable bonds is 6. The van der Waals surface area contributed by atoms with Gasteiger partial charge in [-0.15, -0.1) is 0 Å². The zero-order valence-corrected chi connectivity index (χ0v) is 16.7. The van der Waals surface area contributed by atoms with Gasteiger partial charge in [0, 0.05) is 30.9 Å². The summed E-state index contributed by atoms with van der Waals surface area (Å²) in [5, 5.41) is 4.06. The van der Waals surface area contributed by atoms with Crippen molar-refractivity contribution in [3.63, 3.8) is 0 Å². The van der Waals surface area contributed by atoms with E-state index in [-0.39, 0.29) is 6.54 Å². The first-order chi connectivity index (χ1) is 14.0. The van der Waals surface area contributed by atoms with E-state index in [4.69, 9.17) is 11.5 Å². The molecule has 0 fully saturated rings. The maximum atomic E-state index is 12.4. The predicted octanol–water partition coefficient (Wildman–Crippen LogP) is 2.46. The molecule has 0 saturated heterocycles. The molecule has 0 amide bonds. The number of nitrogens with zero attached hydrogens (tertiary/aromatic N) is 4. The zero-order valence-electron chi connectivity index (χ0n) is 16.7. The van der Waals surface area contributed by atoms with Crippen LogP contribution in [0.25, 0.3) is 0 Å². The van der Waals surface area contributed by atoms with Crippen molar-refractivity contribution < 1.29 is 4.39 Å². The largest absolute Gasteiger partial charge is 0.397 e. The third kappa shape index (κ3) is 5.33. The number of hydrogen-bond donors (Lipinski definition) is 2. The number of pyridine rings is 1. The quantitative estimate of drug-likeness (QED) is 0.630. The summed E-state index contributed by atoms with van der Waals surface area (Å²) in [5.74, 6) is 6.42. The van der Waals surface area contributed by atoms with Gasteiger partial charge in [0.25, 0.3) is 0 Å². The Hall–Kier alpha value is -3.37. The van der Waals surface area contributed by atoms with Gasteiger partial charge >= 0.3 is 0 Å². The Morgan fingerprint density at radius 2 is 1.79 bits per heavy atom. The van der Waals surface area contributed by atoms with Crippen LogP contribution in [-0.2, 0) is 19.5 Å². The minimum atomic E-state index is -0.469. The smallest absolute Gasteiger partial charge is 0.129 e. The molecule has 2 heterocycles. The molecule has 4 N–H and O–H groups in total. The molecule has 0 saturated carbocycles. The lowest BCUT2D eigenvalue weighted by Gasteiger charge is -2.12. The van der Waals surface area contributed by atoms with Crippen molar-refractivity contribution in [1.29, 1.82) is 0 Å². The molecule has 0 aliphatic heterocycles. The Balaban J connectivity index is 1.81. The van der Waals surface area contributed by atoms with Gasteiger partial charge in [0.2, 0.25) is 0 Å². The maximum absolute atomic E-state index is 12.4. The topological polar surface area (TPSA) is 86.0 Å². The summed E-state index contributed by atoms with van der Waals surface area (Å²) in [7, 11) is 4.08. The van der Waals surface area contributed by atoms with Gasteiger partial charge in [-0.2, -0.15) is 5.10 Å². The molecule has 0 radical (unpaired) electrons. The van der Waals surface area contributed by atoms with Crippen molar-refractivity contribution >= 4 is 11.5 Å². The van der Waals surface area contributed by atoms with Gasteiger partial charge in [-0.05, 0) is 25.2 Å². The van der Waals surface area contributed by atoms with Crippen LogP contribution in [0.4, 0.5) is 15.9 Å². The Morgan fingerprint density at radius 1 is 1.07 bits per heavy atom. The van der Waals surface area contributed by atoms with Gasteiger partial charge in [-0.25, -0.2) is 9.37 Å². The van der Waals surface area contributed by atoms with Crippen molar-refractivity contribution in [3.8, 4) is 11.8 Å². The van der Waals surface area contributed by atoms with E-state index in [1.54, 1.807) is 18.6 Å². The second-order valence-corrected chi connectivity index (χ2v) is 7.11. The molecule has 0 atom stereocenters. The average Bonchev–Trinajstić information content (AvgIpc) is 3.13. The highest BCUT2D eigenvalue weighted by atomic mass is 19.1. The van der Waals surface area contributed by atoms with Crippen LogP contribution >= 0.6 is 0 Å². The predicted molar refractivity (Wildman–Crippen MR) is 114 cm³/mol. The lowest BCUT2D eigenvalue weighted by molar-refractivity contribution is 0.402. The van der Waals surface area contributed by atoms with E-state index in [2.05, 4.69) is 51.1 Å². The van der Waals surface area contributed by atoms with Crippen LogP contribution in [0.2, 0.25) is 0 Å². The van der Waals surface area contributed by atoms with Crippen LogP contribution in [-0.4, -0.2) is 40.4 Å². The maximum Gasteiger partial charge on any atom is 0.129 e. The lowest BCUT2D eigenvalue weighted by atomic mass is 10.0. The monoisotopic (exact) mass is 392 g/mol. The molecule has 6 nitrogen and oxygen atoms in total. The molecule has 3 aromatic rings. The number of benzene rings is 1. The third-order valence-electron chi connectivity index (χ3n) is 4.45. The van der Waals surface area contributed by atoms with Crippen molar-refractivity contribution in [2.24, 2.45) is 0 Å². The Morgan fingerprint density at radius 3 is 2.48 bits per heavy atom. The van der Waals surface area contributed by atoms with E-state index in [1.807, 2.05) is 14.1 Å². The van der Waals surface area contributed by atoms with E-state index in [9.17, 15) is 4.39 Å². The number of aromatic nitrogens is 3. The highest BCUT2D eigenvalue weighted by Crippen LogP contribution is 2.24. The molecular formula is C22H25FN6. The third-order valence-corrected chi connectivity index (χ3v) is 4.45. The molecule has 150 valence electrons. The molecule has 0 bridgehead atoms. The lowest BCUT2D eigenvalue weighted by Crippen LogP contribution is -2.10. The minimum Gasteiger partial charge on any atom is -0.397 e. The first kappa shape index (κ1) is 20.4. The molecular weight excluding hydrogens is 367 g/mol. The van der Waals surface area contributed by atoms with Crippen LogP contribution in [0, 0.1) is 11.8 Å². The number of alkyl halides is 1. The number of nitrogens with two attached hydrogens (primary N) is 2. The Kier molecular flexibility index (Phi) is 6.47. The van der Waals surface area contributed by atoms with Crippen LogP contribution in [0.5, 0.6) is 0 Å². The molecule has 2 aromatic heterocycles. The van der Waals surface area contributed by atoms with Gasteiger partial charge in [0.1, 0.15) is 12.5 Å². The SMILES string of the molecule is CN(C)Cc1ccc(Cc2c(N)ncc(C#Cc3cnn(CCF)c3)c2N)cc1. The summed E-state index contributed by atoms with van der Waals surface area (Å²) in [6, 6.07) is 8.37. The summed E-state index contributed by atoms with van der Waals surface area (Å²) in [5.41, 5.74) is 17.4. The Labute approximate surface area is 170 Å². The van der Waals surface area contributed by atoms with Crippen molar-refractivity contribution in [3.05, 3.63) is 70.7 Å². The first-order valence-corrected chi connectivity index (χ1v) is 9.32. The van der Waals surface area contributed by atoms with Crippen molar-refractivity contribution in [2.75, 3.05) is 32.2 Å². The molecule has 0 aliphatic rings. The number of anilines is 2. The van der Waals surface area contributed by atoms with E-state index in [0.717, 1.165) is 17.7 Å². The number of nitrogen functional groups attached to an aromatic ring is 2. The molecule has 3 rings (SSSR count). The molecule has 7 heteroatoms. The van der Waals surface area contributed by atoms with Crippen molar-refractivity contribution in [1.82, 2.24) is 19.7 Å². The second-order valence-electron chi connectivity index (χ2n) is 7.11. The van der Waals surface area contributed by atoms with Gasteiger partial charge in [-0.3, -0.25) is 4.68 Å². The van der Waals surface area contributed by atoms with Crippen LogP contribution in [0.3, 0.4) is 0 Å². The van der Waals surface area contributed by atoms with Crippen LogP contribution < -0.4 is 11.5 Å². The van der Waals surface area contributed by atoms with E-state index < -0.39 is 6.67 Å². The Bertz CT molecular complexity index is 1030. The van der Waals surface area contributed by atoms with E-state index >= 15 is 0 Å². The second kappa shape index (κ2) is 9.22. The highest BCUT2D eigenvalue weighted by molar-refractivity contribution is 5.67.